The van der Waals surface area contributed by atoms with Crippen LogP contribution in [0.2, 0.25) is 0 Å². The maximum Gasteiger partial charge on any atom is 0.322 e. The lowest BCUT2D eigenvalue weighted by Crippen LogP contribution is -2.40. The molecular weight excluding hydrogens is 474 g/mol. The van der Waals surface area contributed by atoms with Gasteiger partial charge in [0.2, 0.25) is 0 Å². The number of ether oxygens (including phenoxy) is 2. The first-order valence-corrected chi connectivity index (χ1v) is 9.17. The largest absolute Gasteiger partial charge is 0.465 e. The highest BCUT2D eigenvalue weighted by Crippen LogP contribution is 2.56. The van der Waals surface area contributed by atoms with E-state index in [1.54, 1.807) is 0 Å². The van der Waals surface area contributed by atoms with Gasteiger partial charge in [-0.15, -0.1) is 0 Å². The summed E-state index contributed by atoms with van der Waals surface area (Å²) in [5.74, 6) is 0.893. The fraction of sp³-hybridized carbons (Fsp3) is 0.846. The van der Waals surface area contributed by atoms with Gasteiger partial charge in [0.15, 0.2) is 0 Å². The predicted molar refractivity (Wildman–Crippen MR) is 85.3 cm³/mol. The van der Waals surface area contributed by atoms with E-state index < -0.39 is 3.42 Å². The van der Waals surface area contributed by atoms with E-state index in [0.29, 0.717) is 18.4 Å². The molecule has 3 aliphatic rings. The summed E-state index contributed by atoms with van der Waals surface area (Å²) in [6.45, 7) is 2.42. The van der Waals surface area contributed by atoms with Crippen LogP contribution in [0.1, 0.15) is 19.8 Å². The Hall–Kier alpha value is 0.400. The third kappa shape index (κ3) is 2.30. The molecule has 0 aromatic rings. The molecule has 19 heavy (non-hydrogen) atoms. The van der Waals surface area contributed by atoms with Crippen molar-refractivity contribution in [3.8, 4) is 0 Å². The summed E-state index contributed by atoms with van der Waals surface area (Å²) in [6, 6.07) is 0. The molecular formula is C13H16I2O4. The first-order valence-electron chi connectivity index (χ1n) is 6.56. The fourth-order valence-corrected chi connectivity index (χ4v) is 4.19. The molecule has 1 heterocycles. The summed E-state index contributed by atoms with van der Waals surface area (Å²) < 4.78 is 11.2. The van der Waals surface area contributed by atoms with Gasteiger partial charge in [0, 0.05) is 16.3 Å². The van der Waals surface area contributed by atoms with E-state index in [2.05, 4.69) is 45.2 Å². The molecule has 1 saturated heterocycles. The highest BCUT2D eigenvalue weighted by Gasteiger charge is 2.60. The lowest BCUT2D eigenvalue weighted by atomic mass is 9.80. The number of carbonyl (C=O) groups excluding carboxylic acids is 2. The Balaban J connectivity index is 1.67. The second-order valence-corrected chi connectivity index (χ2v) is 9.13. The van der Waals surface area contributed by atoms with Crippen LogP contribution in [0.5, 0.6) is 0 Å². The van der Waals surface area contributed by atoms with Crippen LogP contribution < -0.4 is 0 Å². The van der Waals surface area contributed by atoms with Crippen LogP contribution in [0.3, 0.4) is 0 Å². The molecule has 6 unspecified atom stereocenters. The van der Waals surface area contributed by atoms with E-state index in [-0.39, 0.29) is 29.9 Å². The molecule has 106 valence electrons. The van der Waals surface area contributed by atoms with Crippen molar-refractivity contribution < 1.29 is 19.1 Å². The van der Waals surface area contributed by atoms with Crippen LogP contribution >= 0.6 is 45.2 Å². The first kappa shape index (κ1) is 14.3. The zero-order valence-corrected chi connectivity index (χ0v) is 14.9. The van der Waals surface area contributed by atoms with Crippen molar-refractivity contribution in [3.63, 3.8) is 0 Å². The number of carbonyl (C=O) groups is 2. The van der Waals surface area contributed by atoms with Gasteiger partial charge in [-0.1, -0.05) is 45.2 Å². The standard InChI is InChI=1S/C13H16I2O4/c1-13(15,5-14)12(17)19-9-3-6-2-7(9)8-4-18-11(16)10(6)8/h6-10H,2-5H2,1H3. The van der Waals surface area contributed by atoms with E-state index >= 15 is 0 Å². The minimum absolute atomic E-state index is 0.00899. The molecule has 0 amide bonds. The third-order valence-corrected chi connectivity index (χ3v) is 8.54. The van der Waals surface area contributed by atoms with E-state index in [9.17, 15) is 9.59 Å². The summed E-state index contributed by atoms with van der Waals surface area (Å²) in [5, 5.41) is 0. The molecule has 2 bridgehead atoms. The molecule has 3 rings (SSSR count). The van der Waals surface area contributed by atoms with Gasteiger partial charge in [-0.3, -0.25) is 9.59 Å². The Morgan fingerprint density at radius 2 is 2.21 bits per heavy atom. The van der Waals surface area contributed by atoms with Crippen molar-refractivity contribution in [1.82, 2.24) is 0 Å². The number of alkyl halides is 2. The van der Waals surface area contributed by atoms with E-state index in [0.717, 1.165) is 17.3 Å². The van der Waals surface area contributed by atoms with Crippen molar-refractivity contribution in [2.45, 2.75) is 29.3 Å². The molecule has 0 spiro atoms. The second-order valence-electron chi connectivity index (χ2n) is 5.99. The summed E-state index contributed by atoms with van der Waals surface area (Å²) in [6.07, 6.45) is 1.84. The average Bonchev–Trinajstić information content (AvgIpc) is 3.02. The van der Waals surface area contributed by atoms with Gasteiger partial charge in [-0.25, -0.2) is 0 Å². The smallest absolute Gasteiger partial charge is 0.322 e. The van der Waals surface area contributed by atoms with Crippen molar-refractivity contribution in [2.75, 3.05) is 11.0 Å². The monoisotopic (exact) mass is 490 g/mol. The zero-order chi connectivity index (χ0) is 13.8. The van der Waals surface area contributed by atoms with Gasteiger partial charge in [-0.2, -0.15) is 0 Å². The minimum atomic E-state index is -0.457. The third-order valence-electron chi connectivity index (χ3n) is 4.73. The van der Waals surface area contributed by atoms with Crippen LogP contribution in [0.25, 0.3) is 0 Å². The minimum Gasteiger partial charge on any atom is -0.465 e. The molecule has 0 aromatic carbocycles. The molecule has 6 heteroatoms. The van der Waals surface area contributed by atoms with Crippen LogP contribution in [0.15, 0.2) is 0 Å². The maximum absolute atomic E-state index is 12.2. The lowest BCUT2D eigenvalue weighted by molar-refractivity contribution is -0.154. The average molecular weight is 490 g/mol. The number of fused-ring (bicyclic) bond motifs is 5. The van der Waals surface area contributed by atoms with Crippen molar-refractivity contribution in [3.05, 3.63) is 0 Å². The van der Waals surface area contributed by atoms with Crippen LogP contribution in [-0.2, 0) is 19.1 Å². The normalized spacial score (nSPS) is 42.7. The maximum atomic E-state index is 12.2. The Kier molecular flexibility index (Phi) is 3.77. The highest BCUT2D eigenvalue weighted by atomic mass is 127. The van der Waals surface area contributed by atoms with Gasteiger partial charge in [-0.05, 0) is 25.7 Å². The number of hydrogen-bond acceptors (Lipinski definition) is 4. The molecule has 2 saturated carbocycles. The Morgan fingerprint density at radius 1 is 1.47 bits per heavy atom. The highest BCUT2D eigenvalue weighted by molar-refractivity contribution is 14.1. The van der Waals surface area contributed by atoms with E-state index in [4.69, 9.17) is 9.47 Å². The number of esters is 2. The number of hydrogen-bond donors (Lipinski definition) is 0. The molecule has 0 N–H and O–H groups in total. The molecule has 2 aliphatic carbocycles. The number of rotatable bonds is 3. The van der Waals surface area contributed by atoms with Gasteiger partial charge in [0.05, 0.1) is 12.5 Å². The molecule has 0 aromatic heterocycles. The van der Waals surface area contributed by atoms with Crippen molar-refractivity contribution in [2.24, 2.45) is 23.7 Å². The van der Waals surface area contributed by atoms with Gasteiger partial charge < -0.3 is 9.47 Å². The topological polar surface area (TPSA) is 52.6 Å². The van der Waals surface area contributed by atoms with Crippen molar-refractivity contribution >= 4 is 57.1 Å². The number of halogens is 2. The Bertz CT molecular complexity index is 423. The molecule has 4 nitrogen and oxygen atoms in total. The second kappa shape index (κ2) is 4.99. The van der Waals surface area contributed by atoms with Crippen LogP contribution in [0.4, 0.5) is 0 Å². The summed E-state index contributed by atoms with van der Waals surface area (Å²) in [7, 11) is 0. The molecule has 1 aliphatic heterocycles. The van der Waals surface area contributed by atoms with E-state index in [1.807, 2.05) is 6.92 Å². The van der Waals surface area contributed by atoms with Gasteiger partial charge >= 0.3 is 11.9 Å². The van der Waals surface area contributed by atoms with Gasteiger partial charge in [0.25, 0.3) is 0 Å². The number of cyclic esters (lactones) is 1. The van der Waals surface area contributed by atoms with Gasteiger partial charge in [0.1, 0.15) is 9.53 Å². The quantitative estimate of drug-likeness (QED) is 0.347. The zero-order valence-electron chi connectivity index (χ0n) is 10.6. The summed E-state index contributed by atoms with van der Waals surface area (Å²) in [4.78, 5) is 23.8. The SMILES string of the molecule is CC(I)(CI)C(=O)OC1CC2CC1C1COC(=O)C21. The van der Waals surface area contributed by atoms with Crippen molar-refractivity contribution in [1.29, 1.82) is 0 Å². The van der Waals surface area contributed by atoms with Crippen LogP contribution in [-0.4, -0.2) is 32.5 Å². The lowest BCUT2D eigenvalue weighted by Gasteiger charge is -2.30. The first-order chi connectivity index (χ1) is 8.94. The Morgan fingerprint density at radius 3 is 2.89 bits per heavy atom. The Labute approximate surface area is 139 Å². The molecule has 6 atom stereocenters. The fourth-order valence-electron chi connectivity index (χ4n) is 3.75. The predicted octanol–water partition coefficient (Wildman–Crippen LogP) is 2.36. The summed E-state index contributed by atoms with van der Waals surface area (Å²) in [5.41, 5.74) is 0. The van der Waals surface area contributed by atoms with Crippen LogP contribution in [0, 0.1) is 23.7 Å². The summed E-state index contributed by atoms with van der Waals surface area (Å²) >= 11 is 4.37. The molecule has 0 radical (unpaired) electrons. The molecule has 3 fully saturated rings. The van der Waals surface area contributed by atoms with E-state index in [1.165, 1.54) is 0 Å².